The number of nitrogens with one attached hydrogen (secondary N) is 1. The van der Waals surface area contributed by atoms with E-state index in [1.54, 1.807) is 0 Å². The number of carbonyl (C=O) groups excluding carboxylic acids is 1. The SMILES string of the molecule is COC1C(OC2C(OC3C(O)C(CO)OC(O)C3NC(C)=O)OC(CO)C(O)C2O)OC(C)C(O)C1O. The molecule has 3 saturated heterocycles. The molecule has 0 bridgehead atoms. The van der Waals surface area contributed by atoms with E-state index in [9.17, 15) is 45.6 Å². The van der Waals surface area contributed by atoms with Crippen LogP contribution in [0, 0.1) is 0 Å². The van der Waals surface area contributed by atoms with E-state index in [0.717, 1.165) is 6.92 Å². The van der Waals surface area contributed by atoms with Gasteiger partial charge in [0.05, 0.1) is 19.3 Å². The molecule has 1 amide bonds. The summed E-state index contributed by atoms with van der Waals surface area (Å²) in [5.41, 5.74) is 0. The smallest absolute Gasteiger partial charge is 0.217 e. The quantitative estimate of drug-likeness (QED) is 0.138. The molecule has 0 radical (unpaired) electrons. The molecule has 0 saturated carbocycles. The number of ether oxygens (including phenoxy) is 6. The van der Waals surface area contributed by atoms with Crippen molar-refractivity contribution in [2.45, 2.75) is 106 Å². The van der Waals surface area contributed by atoms with Crippen molar-refractivity contribution in [2.75, 3.05) is 20.3 Å². The minimum absolute atomic E-state index is 0.614. The molecular formula is C21H37NO15. The van der Waals surface area contributed by atoms with Crippen LogP contribution in [-0.2, 0) is 33.2 Å². The Hall–Kier alpha value is -1.09. The summed E-state index contributed by atoms with van der Waals surface area (Å²) in [5.74, 6) is -0.614. The number of rotatable bonds is 8. The summed E-state index contributed by atoms with van der Waals surface area (Å²) in [6, 6.07) is -1.37. The Morgan fingerprint density at radius 2 is 1.30 bits per heavy atom. The topological polar surface area (TPSA) is 246 Å². The average molecular weight is 544 g/mol. The molecule has 15 atom stereocenters. The van der Waals surface area contributed by atoms with Crippen LogP contribution in [0.25, 0.3) is 0 Å². The highest BCUT2D eigenvalue weighted by molar-refractivity contribution is 5.73. The number of carbonyl (C=O) groups is 1. The first-order chi connectivity index (χ1) is 17.4. The fourth-order valence-electron chi connectivity index (χ4n) is 4.62. The molecule has 3 fully saturated rings. The van der Waals surface area contributed by atoms with Crippen LogP contribution in [0.15, 0.2) is 0 Å². The predicted molar refractivity (Wildman–Crippen MR) is 116 cm³/mol. The van der Waals surface area contributed by atoms with Gasteiger partial charge in [-0.1, -0.05) is 0 Å². The monoisotopic (exact) mass is 543 g/mol. The first-order valence-electron chi connectivity index (χ1n) is 11.8. The molecule has 9 N–H and O–H groups in total. The fraction of sp³-hybridized carbons (Fsp3) is 0.952. The van der Waals surface area contributed by atoms with Crippen molar-refractivity contribution in [3.05, 3.63) is 0 Å². The zero-order valence-corrected chi connectivity index (χ0v) is 20.5. The van der Waals surface area contributed by atoms with Gasteiger partial charge in [-0.15, -0.1) is 0 Å². The third-order valence-corrected chi connectivity index (χ3v) is 6.71. The molecule has 3 heterocycles. The molecule has 37 heavy (non-hydrogen) atoms. The van der Waals surface area contributed by atoms with Crippen molar-refractivity contribution in [2.24, 2.45) is 0 Å². The molecule has 15 unspecified atom stereocenters. The zero-order chi connectivity index (χ0) is 27.6. The Morgan fingerprint density at radius 1 is 0.757 bits per heavy atom. The van der Waals surface area contributed by atoms with E-state index in [4.69, 9.17) is 28.4 Å². The molecule has 16 heteroatoms. The highest BCUT2D eigenvalue weighted by Crippen LogP contribution is 2.33. The molecule has 3 aliphatic heterocycles. The number of hydrogen-bond acceptors (Lipinski definition) is 15. The average Bonchev–Trinajstić information content (AvgIpc) is 2.85. The Labute approximate surface area is 212 Å². The Bertz CT molecular complexity index is 747. The van der Waals surface area contributed by atoms with Crippen LogP contribution < -0.4 is 5.32 Å². The van der Waals surface area contributed by atoms with Crippen molar-refractivity contribution in [3.63, 3.8) is 0 Å². The molecule has 216 valence electrons. The lowest BCUT2D eigenvalue weighted by molar-refractivity contribution is -0.381. The predicted octanol–water partition coefficient (Wildman–Crippen LogP) is -5.75. The second-order valence-electron chi connectivity index (χ2n) is 9.26. The van der Waals surface area contributed by atoms with E-state index in [0.29, 0.717) is 0 Å². The number of amides is 1. The lowest BCUT2D eigenvalue weighted by Crippen LogP contribution is -2.68. The second-order valence-corrected chi connectivity index (χ2v) is 9.26. The Morgan fingerprint density at radius 3 is 1.86 bits per heavy atom. The van der Waals surface area contributed by atoms with Crippen LogP contribution in [0.3, 0.4) is 0 Å². The van der Waals surface area contributed by atoms with Gasteiger partial charge in [-0.05, 0) is 6.92 Å². The van der Waals surface area contributed by atoms with Gasteiger partial charge in [0.2, 0.25) is 5.91 Å². The summed E-state index contributed by atoms with van der Waals surface area (Å²) in [5, 5.41) is 84.5. The van der Waals surface area contributed by atoms with Gasteiger partial charge in [-0.3, -0.25) is 4.79 Å². The number of hydrogen-bond donors (Lipinski definition) is 9. The van der Waals surface area contributed by atoms with Crippen LogP contribution in [-0.4, -0.2) is 159 Å². The van der Waals surface area contributed by atoms with E-state index in [1.165, 1.54) is 14.0 Å². The fourth-order valence-corrected chi connectivity index (χ4v) is 4.62. The molecule has 0 aromatic carbocycles. The van der Waals surface area contributed by atoms with Gasteiger partial charge in [0, 0.05) is 14.0 Å². The van der Waals surface area contributed by atoms with Gasteiger partial charge in [0.15, 0.2) is 18.9 Å². The third-order valence-electron chi connectivity index (χ3n) is 6.71. The van der Waals surface area contributed by atoms with Crippen molar-refractivity contribution < 1.29 is 74.1 Å². The maximum atomic E-state index is 11.7. The molecule has 3 aliphatic rings. The number of aliphatic hydroxyl groups is 8. The van der Waals surface area contributed by atoms with Gasteiger partial charge < -0.3 is 74.6 Å². The van der Waals surface area contributed by atoms with Crippen molar-refractivity contribution in [1.82, 2.24) is 5.32 Å². The van der Waals surface area contributed by atoms with Gasteiger partial charge in [-0.25, -0.2) is 0 Å². The van der Waals surface area contributed by atoms with Crippen LogP contribution in [0.1, 0.15) is 13.8 Å². The van der Waals surface area contributed by atoms with Gasteiger partial charge >= 0.3 is 0 Å². The number of aliphatic hydroxyl groups excluding tert-OH is 8. The van der Waals surface area contributed by atoms with Gasteiger partial charge in [0.25, 0.3) is 0 Å². The lowest BCUT2D eigenvalue weighted by atomic mass is 9.95. The van der Waals surface area contributed by atoms with Gasteiger partial charge in [0.1, 0.15) is 67.1 Å². The first kappa shape index (κ1) is 30.5. The minimum atomic E-state index is -1.77. The van der Waals surface area contributed by atoms with Gasteiger partial charge in [-0.2, -0.15) is 0 Å². The maximum Gasteiger partial charge on any atom is 0.217 e. The van der Waals surface area contributed by atoms with Crippen LogP contribution in [0.2, 0.25) is 0 Å². The minimum Gasteiger partial charge on any atom is -0.394 e. The van der Waals surface area contributed by atoms with E-state index in [-0.39, 0.29) is 0 Å². The van der Waals surface area contributed by atoms with Crippen LogP contribution >= 0.6 is 0 Å². The molecule has 16 nitrogen and oxygen atoms in total. The molecule has 0 aliphatic carbocycles. The second kappa shape index (κ2) is 12.8. The first-order valence-corrected chi connectivity index (χ1v) is 11.8. The summed E-state index contributed by atoms with van der Waals surface area (Å²) in [6.07, 6.45) is -20.6. The third kappa shape index (κ3) is 6.39. The van der Waals surface area contributed by atoms with E-state index < -0.39 is 111 Å². The van der Waals surface area contributed by atoms with Crippen molar-refractivity contribution in [1.29, 1.82) is 0 Å². The van der Waals surface area contributed by atoms with E-state index >= 15 is 0 Å². The Balaban J connectivity index is 1.91. The maximum absolute atomic E-state index is 11.7. The summed E-state index contributed by atoms with van der Waals surface area (Å²) < 4.78 is 33.2. The van der Waals surface area contributed by atoms with E-state index in [1.807, 2.05) is 0 Å². The molecule has 3 rings (SSSR count). The standard InChI is InChI=1S/C21H37NO15/c1-6-11(26)14(29)17(32-3)20(33-6)37-18-15(30)12(27)8(4-23)35-21(18)36-16-10(22-7(2)25)19(31)34-9(5-24)13(16)28/h6,8-21,23-24,26-31H,4-5H2,1-3H3,(H,22,25). The zero-order valence-electron chi connectivity index (χ0n) is 20.5. The number of methoxy groups -OCH3 is 1. The van der Waals surface area contributed by atoms with E-state index in [2.05, 4.69) is 5.32 Å². The molecule has 0 spiro atoms. The highest BCUT2D eigenvalue weighted by atomic mass is 16.8. The van der Waals surface area contributed by atoms with Crippen LogP contribution in [0.5, 0.6) is 0 Å². The summed E-state index contributed by atoms with van der Waals surface area (Å²) >= 11 is 0. The van der Waals surface area contributed by atoms with Crippen LogP contribution in [0.4, 0.5) is 0 Å². The largest absolute Gasteiger partial charge is 0.394 e. The summed E-state index contributed by atoms with van der Waals surface area (Å²) in [4.78, 5) is 11.7. The summed E-state index contributed by atoms with van der Waals surface area (Å²) in [7, 11) is 1.22. The molecule has 0 aromatic rings. The van der Waals surface area contributed by atoms with Crippen molar-refractivity contribution >= 4 is 5.91 Å². The molecular weight excluding hydrogens is 506 g/mol. The Kier molecular flexibility index (Phi) is 10.6. The lowest BCUT2D eigenvalue weighted by Gasteiger charge is -2.49. The molecule has 0 aromatic heterocycles. The van der Waals surface area contributed by atoms with Crippen molar-refractivity contribution in [3.8, 4) is 0 Å². The normalized spacial score (nSPS) is 49.0. The summed E-state index contributed by atoms with van der Waals surface area (Å²) in [6.45, 7) is 1.13. The highest BCUT2D eigenvalue weighted by Gasteiger charge is 2.54.